The molecule has 2 nitrogen and oxygen atoms in total. The Morgan fingerprint density at radius 2 is 1.78 bits per heavy atom. The zero-order valence-corrected chi connectivity index (χ0v) is 11.6. The van der Waals surface area contributed by atoms with Crippen LogP contribution in [0.5, 0.6) is 0 Å². The number of nitrogens with one attached hydrogen (secondary N) is 1. The summed E-state index contributed by atoms with van der Waals surface area (Å²) in [5.41, 5.74) is 2.74. The lowest BCUT2D eigenvalue weighted by Crippen LogP contribution is -2.30. The van der Waals surface area contributed by atoms with Crippen LogP contribution >= 0.6 is 0 Å². The van der Waals surface area contributed by atoms with Crippen molar-refractivity contribution in [3.05, 3.63) is 29.8 Å². The maximum absolute atomic E-state index is 3.59. The van der Waals surface area contributed by atoms with Gasteiger partial charge in [-0.1, -0.05) is 38.0 Å². The predicted molar refractivity (Wildman–Crippen MR) is 79.2 cm³/mol. The number of hydrogen-bond acceptors (Lipinski definition) is 2. The summed E-state index contributed by atoms with van der Waals surface area (Å²) in [4.78, 5) is 2.61. The zero-order valence-electron chi connectivity index (χ0n) is 11.6. The molecule has 1 saturated heterocycles. The van der Waals surface area contributed by atoms with E-state index in [2.05, 4.69) is 41.4 Å². The number of aryl methyl sites for hydroxylation is 1. The highest BCUT2D eigenvalue weighted by Gasteiger charge is 2.08. The molecule has 1 aromatic rings. The van der Waals surface area contributed by atoms with Crippen LogP contribution in [0.2, 0.25) is 0 Å². The largest absolute Gasteiger partial charge is 0.384 e. The molecule has 1 aliphatic heterocycles. The Balaban J connectivity index is 1.77. The van der Waals surface area contributed by atoms with E-state index in [0.29, 0.717) is 0 Å². The number of nitrogens with zero attached hydrogens (tertiary/aromatic N) is 1. The van der Waals surface area contributed by atoms with Gasteiger partial charge in [-0.2, -0.15) is 0 Å². The second kappa shape index (κ2) is 7.42. The van der Waals surface area contributed by atoms with Crippen LogP contribution in [0.1, 0.15) is 38.2 Å². The van der Waals surface area contributed by atoms with Crippen molar-refractivity contribution in [2.45, 2.75) is 39.0 Å². The molecule has 2 heteroatoms. The molecule has 18 heavy (non-hydrogen) atoms. The van der Waals surface area contributed by atoms with Gasteiger partial charge in [-0.3, -0.25) is 0 Å². The molecule has 0 saturated carbocycles. The first-order chi connectivity index (χ1) is 8.90. The smallest absolute Gasteiger partial charge is 0.0373 e. The van der Waals surface area contributed by atoms with Gasteiger partial charge in [0, 0.05) is 18.8 Å². The fourth-order valence-electron chi connectivity index (χ4n) is 2.71. The van der Waals surface area contributed by atoms with Gasteiger partial charge in [0.2, 0.25) is 0 Å². The second-order valence-electron chi connectivity index (χ2n) is 5.19. The molecule has 0 aromatic heterocycles. The second-order valence-corrected chi connectivity index (χ2v) is 5.19. The fourth-order valence-corrected chi connectivity index (χ4v) is 2.71. The van der Waals surface area contributed by atoms with Crippen LogP contribution < -0.4 is 5.32 Å². The molecule has 1 N–H and O–H groups in total. The lowest BCUT2D eigenvalue weighted by atomic mass is 10.1. The van der Waals surface area contributed by atoms with E-state index in [1.54, 1.807) is 0 Å². The van der Waals surface area contributed by atoms with Crippen molar-refractivity contribution in [3.63, 3.8) is 0 Å². The van der Waals surface area contributed by atoms with Crippen LogP contribution in [0.25, 0.3) is 0 Å². The monoisotopic (exact) mass is 246 g/mol. The summed E-state index contributed by atoms with van der Waals surface area (Å²) in [6, 6.07) is 8.65. The third kappa shape index (κ3) is 4.02. The minimum atomic E-state index is 1.07. The lowest BCUT2D eigenvalue weighted by molar-refractivity contribution is 0.296. The van der Waals surface area contributed by atoms with Crippen LogP contribution in [-0.2, 0) is 6.42 Å². The van der Waals surface area contributed by atoms with Gasteiger partial charge in [-0.05, 0) is 44.0 Å². The molecule has 0 unspecified atom stereocenters. The molecule has 100 valence electrons. The summed E-state index contributed by atoms with van der Waals surface area (Å²) < 4.78 is 0. The number of anilines is 1. The van der Waals surface area contributed by atoms with Crippen LogP contribution in [0.4, 0.5) is 5.69 Å². The highest BCUT2D eigenvalue weighted by molar-refractivity contribution is 5.50. The number of likely N-dealkylation sites (tertiary alicyclic amines) is 1. The summed E-state index contributed by atoms with van der Waals surface area (Å²) >= 11 is 0. The van der Waals surface area contributed by atoms with Crippen molar-refractivity contribution < 1.29 is 0 Å². The van der Waals surface area contributed by atoms with Crippen LogP contribution in [-0.4, -0.2) is 31.1 Å². The lowest BCUT2D eigenvalue weighted by Gasteiger charge is -2.20. The Labute approximate surface area is 111 Å². The van der Waals surface area contributed by atoms with Gasteiger partial charge in [0.1, 0.15) is 0 Å². The van der Waals surface area contributed by atoms with Gasteiger partial charge >= 0.3 is 0 Å². The minimum absolute atomic E-state index is 1.07. The minimum Gasteiger partial charge on any atom is -0.384 e. The Kier molecular flexibility index (Phi) is 5.53. The molecule has 0 atom stereocenters. The van der Waals surface area contributed by atoms with E-state index in [1.807, 2.05) is 0 Å². The van der Waals surface area contributed by atoms with Gasteiger partial charge in [0.15, 0.2) is 0 Å². The van der Waals surface area contributed by atoms with E-state index in [1.165, 1.54) is 56.6 Å². The SMILES string of the molecule is CCc1ccccc1NCCN1CCCCCC1. The zero-order chi connectivity index (χ0) is 12.6. The summed E-state index contributed by atoms with van der Waals surface area (Å²) in [7, 11) is 0. The van der Waals surface area contributed by atoms with Gasteiger partial charge < -0.3 is 10.2 Å². The standard InChI is InChI=1S/C16H26N2/c1-2-15-9-5-6-10-16(15)17-11-14-18-12-7-3-4-8-13-18/h5-6,9-10,17H,2-4,7-8,11-14H2,1H3. The third-order valence-electron chi connectivity index (χ3n) is 3.84. The topological polar surface area (TPSA) is 15.3 Å². The van der Waals surface area contributed by atoms with Crippen molar-refractivity contribution in [2.75, 3.05) is 31.5 Å². The van der Waals surface area contributed by atoms with Crippen LogP contribution in [0.15, 0.2) is 24.3 Å². The number of hydrogen-bond donors (Lipinski definition) is 1. The van der Waals surface area contributed by atoms with Gasteiger partial charge in [0.05, 0.1) is 0 Å². The molecule has 0 spiro atoms. The van der Waals surface area contributed by atoms with E-state index in [-0.39, 0.29) is 0 Å². The van der Waals surface area contributed by atoms with Crippen molar-refractivity contribution in [3.8, 4) is 0 Å². The molecule has 0 aliphatic carbocycles. The fraction of sp³-hybridized carbons (Fsp3) is 0.625. The Bertz CT molecular complexity index is 341. The first kappa shape index (κ1) is 13.4. The predicted octanol–water partition coefficient (Wildman–Crippen LogP) is 3.54. The van der Waals surface area contributed by atoms with Crippen molar-refractivity contribution in [1.82, 2.24) is 4.90 Å². The Hall–Kier alpha value is -1.02. The average Bonchev–Trinajstić information content (AvgIpc) is 2.68. The van der Waals surface area contributed by atoms with Crippen molar-refractivity contribution in [1.29, 1.82) is 0 Å². The van der Waals surface area contributed by atoms with E-state index < -0.39 is 0 Å². The number of benzene rings is 1. The van der Waals surface area contributed by atoms with E-state index in [9.17, 15) is 0 Å². The normalized spacial score (nSPS) is 17.4. The van der Waals surface area contributed by atoms with E-state index in [0.717, 1.165) is 13.0 Å². The summed E-state index contributed by atoms with van der Waals surface area (Å²) in [6.07, 6.45) is 6.70. The van der Waals surface area contributed by atoms with Crippen LogP contribution in [0.3, 0.4) is 0 Å². The van der Waals surface area contributed by atoms with E-state index in [4.69, 9.17) is 0 Å². The van der Waals surface area contributed by atoms with E-state index >= 15 is 0 Å². The Morgan fingerprint density at radius 3 is 2.50 bits per heavy atom. The van der Waals surface area contributed by atoms with Gasteiger partial charge in [-0.15, -0.1) is 0 Å². The van der Waals surface area contributed by atoms with Crippen molar-refractivity contribution >= 4 is 5.69 Å². The molecular formula is C16H26N2. The number of rotatable bonds is 5. The quantitative estimate of drug-likeness (QED) is 0.855. The third-order valence-corrected chi connectivity index (χ3v) is 3.84. The molecule has 0 bridgehead atoms. The molecule has 2 rings (SSSR count). The molecular weight excluding hydrogens is 220 g/mol. The van der Waals surface area contributed by atoms with Gasteiger partial charge in [0.25, 0.3) is 0 Å². The molecule has 0 radical (unpaired) electrons. The molecule has 1 fully saturated rings. The summed E-state index contributed by atoms with van der Waals surface area (Å²) in [5.74, 6) is 0. The molecule has 1 aliphatic rings. The highest BCUT2D eigenvalue weighted by atomic mass is 15.1. The van der Waals surface area contributed by atoms with Crippen molar-refractivity contribution in [2.24, 2.45) is 0 Å². The maximum Gasteiger partial charge on any atom is 0.0373 e. The summed E-state index contributed by atoms with van der Waals surface area (Å²) in [6.45, 7) is 7.04. The average molecular weight is 246 g/mol. The van der Waals surface area contributed by atoms with Crippen LogP contribution in [0, 0.1) is 0 Å². The molecule has 1 aromatic carbocycles. The Morgan fingerprint density at radius 1 is 1.06 bits per heavy atom. The summed E-state index contributed by atoms with van der Waals surface area (Å²) in [5, 5.41) is 3.59. The first-order valence-corrected chi connectivity index (χ1v) is 7.44. The molecule has 0 amide bonds. The molecule has 1 heterocycles. The first-order valence-electron chi connectivity index (χ1n) is 7.44. The number of para-hydroxylation sites is 1. The van der Waals surface area contributed by atoms with Gasteiger partial charge in [-0.25, -0.2) is 0 Å². The highest BCUT2D eigenvalue weighted by Crippen LogP contribution is 2.15. The maximum atomic E-state index is 3.59.